The highest BCUT2D eigenvalue weighted by molar-refractivity contribution is 7.85. The quantitative estimate of drug-likeness (QED) is 0.245. The summed E-state index contributed by atoms with van der Waals surface area (Å²) >= 11 is 0. The minimum Gasteiger partial charge on any atom is -0.511 e. The maximum absolute atomic E-state index is 12.7. The third-order valence-electron chi connectivity index (χ3n) is 4.11. The molecular formula is C20H31NO7S. The first kappa shape index (κ1) is 25.0. The van der Waals surface area contributed by atoms with Crippen molar-refractivity contribution in [1.82, 2.24) is 0 Å². The Kier molecular flexibility index (Phi) is 8.77. The van der Waals surface area contributed by atoms with Gasteiger partial charge in [-0.05, 0) is 17.8 Å². The average molecular weight is 430 g/mol. The average Bonchev–Trinajstić information content (AvgIpc) is 2.52. The molecule has 0 saturated heterocycles. The summed E-state index contributed by atoms with van der Waals surface area (Å²) in [5.74, 6) is -1.08. The molecular weight excluding hydrogens is 398 g/mol. The van der Waals surface area contributed by atoms with Crippen molar-refractivity contribution in [3.8, 4) is 0 Å². The molecule has 0 unspecified atom stereocenters. The maximum atomic E-state index is 12.7. The van der Waals surface area contributed by atoms with Crippen LogP contribution in [0.2, 0.25) is 0 Å². The molecule has 0 aromatic heterocycles. The molecule has 0 fully saturated rings. The fourth-order valence-corrected chi connectivity index (χ4v) is 3.37. The van der Waals surface area contributed by atoms with Gasteiger partial charge in [0.15, 0.2) is 11.8 Å². The lowest BCUT2D eigenvalue weighted by molar-refractivity contribution is -0.144. The van der Waals surface area contributed by atoms with Crippen molar-refractivity contribution in [1.29, 1.82) is 0 Å². The molecule has 1 aliphatic rings. The molecule has 0 saturated carbocycles. The number of carbonyl (C=O) groups excluding carboxylic acids is 2. The number of allylic oxidation sites excluding steroid dienone is 2. The van der Waals surface area contributed by atoms with E-state index in [2.05, 4.69) is 11.6 Å². The number of ketones is 1. The van der Waals surface area contributed by atoms with Crippen LogP contribution in [-0.4, -0.2) is 56.5 Å². The van der Waals surface area contributed by atoms with E-state index in [1.54, 1.807) is 0 Å². The van der Waals surface area contributed by atoms with E-state index < -0.39 is 28.7 Å². The molecule has 1 aliphatic carbocycles. The molecule has 1 atom stereocenters. The molecule has 0 aromatic carbocycles. The molecule has 0 spiro atoms. The maximum Gasteiger partial charge on any atom is 0.333 e. The number of rotatable bonds is 10. The summed E-state index contributed by atoms with van der Waals surface area (Å²) < 4.78 is 32.5. The Morgan fingerprint density at radius 2 is 1.97 bits per heavy atom. The summed E-state index contributed by atoms with van der Waals surface area (Å²) in [5.41, 5.74) is -0.0375. The highest BCUT2D eigenvalue weighted by Crippen LogP contribution is 2.37. The van der Waals surface area contributed by atoms with Crippen molar-refractivity contribution in [3.05, 3.63) is 24.0 Å². The van der Waals surface area contributed by atoms with Crippen LogP contribution in [0.25, 0.3) is 0 Å². The molecule has 9 heteroatoms. The zero-order chi connectivity index (χ0) is 22.4. The second-order valence-electron chi connectivity index (χ2n) is 8.36. The van der Waals surface area contributed by atoms with E-state index in [1.807, 2.05) is 27.7 Å². The summed E-state index contributed by atoms with van der Waals surface area (Å²) in [6.07, 6.45) is 3.08. The zero-order valence-electron chi connectivity index (χ0n) is 17.7. The zero-order valence-corrected chi connectivity index (χ0v) is 18.5. The Bertz CT molecular complexity index is 807. The van der Waals surface area contributed by atoms with Crippen molar-refractivity contribution in [2.75, 3.05) is 19.5 Å². The smallest absolute Gasteiger partial charge is 0.333 e. The Hall–Kier alpha value is -2.00. The summed E-state index contributed by atoms with van der Waals surface area (Å²) in [4.78, 5) is 29.4. The molecule has 0 amide bonds. The van der Waals surface area contributed by atoms with Crippen LogP contribution in [0.15, 0.2) is 29.0 Å². The van der Waals surface area contributed by atoms with Gasteiger partial charge in [0.1, 0.15) is 12.4 Å². The Balaban J connectivity index is 3.39. The summed E-state index contributed by atoms with van der Waals surface area (Å²) in [5, 5.41) is 10.5. The molecule has 0 aromatic rings. The van der Waals surface area contributed by atoms with Crippen LogP contribution < -0.4 is 0 Å². The number of hydrogen-bond acceptors (Lipinski definition) is 8. The van der Waals surface area contributed by atoms with Gasteiger partial charge >= 0.3 is 5.97 Å². The molecule has 8 nitrogen and oxygen atoms in total. The van der Waals surface area contributed by atoms with Crippen molar-refractivity contribution < 1.29 is 32.0 Å². The van der Waals surface area contributed by atoms with Gasteiger partial charge in [-0.1, -0.05) is 40.3 Å². The van der Waals surface area contributed by atoms with Gasteiger partial charge in [-0.3, -0.25) is 14.0 Å². The second kappa shape index (κ2) is 10.2. The number of aliphatic imine (C=N–C) groups is 1. The van der Waals surface area contributed by atoms with Crippen molar-refractivity contribution in [2.45, 2.75) is 53.0 Å². The first-order valence-electron chi connectivity index (χ1n) is 9.40. The number of aliphatic hydroxyl groups is 1. The Morgan fingerprint density at radius 3 is 2.45 bits per heavy atom. The lowest BCUT2D eigenvalue weighted by Gasteiger charge is -2.30. The molecule has 29 heavy (non-hydrogen) atoms. The number of Topliss-reactive ketones (excluding diaryl/α,β-unsaturated/α-hetero) is 1. The van der Waals surface area contributed by atoms with Crippen LogP contribution in [0.4, 0.5) is 0 Å². The van der Waals surface area contributed by atoms with Gasteiger partial charge in [-0.15, -0.1) is 0 Å². The third kappa shape index (κ3) is 8.49. The van der Waals surface area contributed by atoms with Crippen LogP contribution in [0.1, 0.15) is 47.0 Å². The Morgan fingerprint density at radius 1 is 1.34 bits per heavy atom. The van der Waals surface area contributed by atoms with Crippen LogP contribution in [0.3, 0.4) is 0 Å². The lowest BCUT2D eigenvalue weighted by Crippen LogP contribution is -2.33. The molecule has 1 N–H and O–H groups in total. The topological polar surface area (TPSA) is 119 Å². The predicted octanol–water partition coefficient (Wildman–Crippen LogP) is 2.75. The third-order valence-corrected chi connectivity index (χ3v) is 4.67. The molecule has 0 aliphatic heterocycles. The van der Waals surface area contributed by atoms with Gasteiger partial charge in [0, 0.05) is 12.8 Å². The minimum atomic E-state index is -3.82. The predicted molar refractivity (Wildman–Crippen MR) is 110 cm³/mol. The number of ether oxygens (including phenoxy) is 1. The number of hydrogen-bond donors (Lipinski definition) is 1. The first-order valence-corrected chi connectivity index (χ1v) is 11.2. The van der Waals surface area contributed by atoms with E-state index in [0.29, 0.717) is 12.8 Å². The fourth-order valence-electron chi connectivity index (χ4n) is 2.99. The van der Waals surface area contributed by atoms with E-state index >= 15 is 0 Å². The largest absolute Gasteiger partial charge is 0.511 e. The Labute approximate surface area is 172 Å². The lowest BCUT2D eigenvalue weighted by atomic mass is 9.75. The summed E-state index contributed by atoms with van der Waals surface area (Å²) in [6.45, 7) is 10.4. The first-order chi connectivity index (χ1) is 13.3. The van der Waals surface area contributed by atoms with Crippen molar-refractivity contribution >= 4 is 27.6 Å². The van der Waals surface area contributed by atoms with Gasteiger partial charge < -0.3 is 9.84 Å². The second-order valence-corrected chi connectivity index (χ2v) is 10.0. The van der Waals surface area contributed by atoms with Gasteiger partial charge in [0.05, 0.1) is 24.1 Å². The summed E-state index contributed by atoms with van der Waals surface area (Å²) in [7, 11) is -3.82. The standard InChI is InChI=1S/C20H31NO7S/c1-7-8-27-19(24)15(12-28-29(6,25)26)21-14(9-13(2)3)18-16(22)10-20(4,5)11-17(18)23/h7,13,15,22H,1,8-12H2,2-6H3/t15-/m1/s1. The normalized spacial score (nSPS) is 18.7. The molecule has 1 rings (SSSR count). The van der Waals surface area contributed by atoms with E-state index in [0.717, 1.165) is 6.26 Å². The van der Waals surface area contributed by atoms with Crippen molar-refractivity contribution in [2.24, 2.45) is 16.3 Å². The molecule has 164 valence electrons. The minimum absolute atomic E-state index is 0.0671. The molecule has 0 radical (unpaired) electrons. The highest BCUT2D eigenvalue weighted by atomic mass is 32.2. The number of esters is 1. The number of nitrogens with zero attached hydrogens (tertiary/aromatic N) is 1. The van der Waals surface area contributed by atoms with Crippen LogP contribution in [0.5, 0.6) is 0 Å². The molecule has 0 heterocycles. The SMILES string of the molecule is C=CCOC(=O)[C@@H](COS(C)(=O)=O)N=C(CC(C)C)C1=C(O)CC(C)(C)CC1=O. The number of carbonyl (C=O) groups is 2. The highest BCUT2D eigenvalue weighted by Gasteiger charge is 2.36. The van der Waals surface area contributed by atoms with Crippen LogP contribution >= 0.6 is 0 Å². The van der Waals surface area contributed by atoms with E-state index in [1.165, 1.54) is 6.08 Å². The van der Waals surface area contributed by atoms with E-state index in [-0.39, 0.29) is 47.2 Å². The summed E-state index contributed by atoms with van der Waals surface area (Å²) in [6, 6.07) is -1.30. The fraction of sp³-hybridized carbons (Fsp3) is 0.650. The van der Waals surface area contributed by atoms with E-state index in [9.17, 15) is 23.1 Å². The molecule has 0 bridgehead atoms. The number of aliphatic hydroxyl groups excluding tert-OH is 1. The van der Waals surface area contributed by atoms with E-state index in [4.69, 9.17) is 8.92 Å². The van der Waals surface area contributed by atoms with Gasteiger partial charge in [0.25, 0.3) is 10.1 Å². The van der Waals surface area contributed by atoms with Gasteiger partial charge in [-0.2, -0.15) is 8.42 Å². The monoisotopic (exact) mass is 429 g/mol. The van der Waals surface area contributed by atoms with Gasteiger partial charge in [-0.25, -0.2) is 4.79 Å². The van der Waals surface area contributed by atoms with Crippen LogP contribution in [0, 0.1) is 11.3 Å². The van der Waals surface area contributed by atoms with Crippen LogP contribution in [-0.2, 0) is 28.6 Å². The van der Waals surface area contributed by atoms with Gasteiger partial charge in [0.2, 0.25) is 0 Å². The van der Waals surface area contributed by atoms with Crippen molar-refractivity contribution in [3.63, 3.8) is 0 Å².